The van der Waals surface area contributed by atoms with Crippen molar-refractivity contribution in [3.63, 3.8) is 0 Å². The van der Waals surface area contributed by atoms with Crippen LogP contribution in [0.5, 0.6) is 0 Å². The van der Waals surface area contributed by atoms with Gasteiger partial charge in [-0.05, 0) is 12.1 Å². The van der Waals surface area contributed by atoms with Gasteiger partial charge in [0.15, 0.2) is 5.15 Å². The van der Waals surface area contributed by atoms with Crippen LogP contribution in [0.2, 0.25) is 10.2 Å². The van der Waals surface area contributed by atoms with Gasteiger partial charge in [-0.1, -0.05) is 23.2 Å². The fourth-order valence-electron chi connectivity index (χ4n) is 0.395. The lowest BCUT2D eigenvalue weighted by Crippen LogP contribution is -1.81. The fraction of sp³-hybridized carbons (Fsp3) is 0. The van der Waals surface area contributed by atoms with E-state index in [1.807, 2.05) is 0 Å². The summed E-state index contributed by atoms with van der Waals surface area (Å²) in [6, 6.07) is 2.50. The molecule has 1 aromatic rings. The first-order valence-electron chi connectivity index (χ1n) is 2.17. The maximum Gasteiger partial charge on any atom is 0.214 e. The number of hydrogen-bond acceptors (Lipinski definition) is 1. The van der Waals surface area contributed by atoms with E-state index in [9.17, 15) is 4.39 Å². The van der Waals surface area contributed by atoms with Crippen LogP contribution < -0.4 is 0 Å². The number of hydrogen-bond donors (Lipinski definition) is 0. The minimum absolute atomic E-state index is 0.00309. The standard InChI is InChI=1S/C5H2Cl2FN/c6-3-1-2-4(8)9-5(3)7/h1-2H. The fourth-order valence-corrected chi connectivity index (χ4v) is 0.644. The van der Waals surface area contributed by atoms with Gasteiger partial charge in [0.1, 0.15) is 0 Å². The van der Waals surface area contributed by atoms with Crippen molar-refractivity contribution < 1.29 is 4.39 Å². The van der Waals surface area contributed by atoms with Crippen molar-refractivity contribution in [2.45, 2.75) is 0 Å². The number of halogens is 3. The summed E-state index contributed by atoms with van der Waals surface area (Å²) in [7, 11) is 0. The van der Waals surface area contributed by atoms with Crippen molar-refractivity contribution in [3.05, 3.63) is 28.3 Å². The second kappa shape index (κ2) is 2.50. The van der Waals surface area contributed by atoms with E-state index in [0.29, 0.717) is 0 Å². The van der Waals surface area contributed by atoms with Crippen molar-refractivity contribution in [1.29, 1.82) is 0 Å². The molecule has 0 aromatic carbocycles. The lowest BCUT2D eigenvalue weighted by Gasteiger charge is -1.90. The molecule has 0 spiro atoms. The lowest BCUT2D eigenvalue weighted by molar-refractivity contribution is 0.584. The van der Waals surface area contributed by atoms with E-state index < -0.39 is 5.95 Å². The number of aromatic nitrogens is 1. The van der Waals surface area contributed by atoms with Crippen molar-refractivity contribution in [1.82, 2.24) is 4.98 Å². The molecule has 0 saturated carbocycles. The zero-order chi connectivity index (χ0) is 6.85. The highest BCUT2D eigenvalue weighted by atomic mass is 35.5. The Labute approximate surface area is 61.4 Å². The molecule has 0 N–H and O–H groups in total. The predicted molar refractivity (Wildman–Crippen MR) is 34.2 cm³/mol. The highest BCUT2D eigenvalue weighted by molar-refractivity contribution is 6.41. The first-order valence-corrected chi connectivity index (χ1v) is 2.93. The third-order valence-corrected chi connectivity index (χ3v) is 1.46. The second-order valence-corrected chi connectivity index (χ2v) is 2.17. The molecule has 1 aromatic heterocycles. The Morgan fingerprint density at radius 1 is 1.33 bits per heavy atom. The van der Waals surface area contributed by atoms with Crippen LogP contribution in [0.1, 0.15) is 0 Å². The molecule has 4 heteroatoms. The Kier molecular flexibility index (Phi) is 1.88. The van der Waals surface area contributed by atoms with Gasteiger partial charge < -0.3 is 0 Å². The average molecular weight is 166 g/mol. The molecule has 0 aliphatic rings. The summed E-state index contributed by atoms with van der Waals surface area (Å²) >= 11 is 10.8. The number of pyridine rings is 1. The first kappa shape index (κ1) is 6.78. The molecule has 0 aliphatic heterocycles. The maximum atomic E-state index is 12.1. The minimum atomic E-state index is -0.621. The molecule has 0 amide bonds. The van der Waals surface area contributed by atoms with Crippen LogP contribution in [0.3, 0.4) is 0 Å². The second-order valence-electron chi connectivity index (χ2n) is 1.41. The van der Waals surface area contributed by atoms with Gasteiger partial charge in [0, 0.05) is 0 Å². The molecular weight excluding hydrogens is 164 g/mol. The summed E-state index contributed by atoms with van der Waals surface area (Å²) in [5.41, 5.74) is 0. The molecule has 0 saturated heterocycles. The molecule has 0 atom stereocenters. The molecule has 1 nitrogen and oxygen atoms in total. The Morgan fingerprint density at radius 3 is 2.44 bits per heavy atom. The molecular formula is C5H2Cl2FN. The van der Waals surface area contributed by atoms with Gasteiger partial charge in [0.2, 0.25) is 5.95 Å². The van der Waals surface area contributed by atoms with Gasteiger partial charge in [-0.3, -0.25) is 0 Å². The number of rotatable bonds is 0. The van der Waals surface area contributed by atoms with E-state index in [4.69, 9.17) is 23.2 Å². The Bertz CT molecular complexity index is 226. The summed E-state index contributed by atoms with van der Waals surface area (Å²) in [5, 5.41) is 0.259. The van der Waals surface area contributed by atoms with Crippen molar-refractivity contribution in [3.8, 4) is 0 Å². The van der Waals surface area contributed by atoms with Gasteiger partial charge in [0.25, 0.3) is 0 Å². The van der Waals surface area contributed by atoms with Gasteiger partial charge in [-0.25, -0.2) is 4.98 Å². The van der Waals surface area contributed by atoms with Crippen LogP contribution in [-0.4, -0.2) is 4.98 Å². The largest absolute Gasteiger partial charge is 0.214 e. The van der Waals surface area contributed by atoms with Crippen LogP contribution in [0.4, 0.5) is 4.39 Å². The van der Waals surface area contributed by atoms with Crippen LogP contribution in [0.15, 0.2) is 12.1 Å². The minimum Gasteiger partial charge on any atom is -0.206 e. The van der Waals surface area contributed by atoms with Crippen LogP contribution in [-0.2, 0) is 0 Å². The van der Waals surface area contributed by atoms with E-state index in [1.165, 1.54) is 6.07 Å². The monoisotopic (exact) mass is 165 g/mol. The zero-order valence-electron chi connectivity index (χ0n) is 4.24. The molecule has 1 rings (SSSR count). The Morgan fingerprint density at radius 2 is 2.00 bits per heavy atom. The molecule has 9 heavy (non-hydrogen) atoms. The molecule has 0 aliphatic carbocycles. The maximum absolute atomic E-state index is 12.1. The third-order valence-electron chi connectivity index (χ3n) is 0.769. The van der Waals surface area contributed by atoms with Crippen molar-refractivity contribution in [2.75, 3.05) is 0 Å². The highest BCUT2D eigenvalue weighted by Gasteiger charge is 1.97. The molecule has 0 fully saturated rings. The van der Waals surface area contributed by atoms with Gasteiger partial charge >= 0.3 is 0 Å². The molecule has 0 radical (unpaired) electrons. The summed E-state index contributed by atoms with van der Waals surface area (Å²) in [4.78, 5) is 3.24. The van der Waals surface area contributed by atoms with Crippen molar-refractivity contribution in [2.24, 2.45) is 0 Å². The van der Waals surface area contributed by atoms with Gasteiger partial charge in [-0.2, -0.15) is 4.39 Å². The molecule has 0 bridgehead atoms. The Hall–Kier alpha value is -0.340. The van der Waals surface area contributed by atoms with E-state index >= 15 is 0 Å². The first-order chi connectivity index (χ1) is 4.20. The summed E-state index contributed by atoms with van der Waals surface area (Å²) in [5.74, 6) is -0.621. The van der Waals surface area contributed by atoms with E-state index in [2.05, 4.69) is 4.98 Å². The van der Waals surface area contributed by atoms with Crippen LogP contribution >= 0.6 is 23.2 Å². The molecule has 1 heterocycles. The lowest BCUT2D eigenvalue weighted by atomic mass is 10.5. The summed E-state index contributed by atoms with van der Waals surface area (Å²) in [6.07, 6.45) is 0. The zero-order valence-corrected chi connectivity index (χ0v) is 5.75. The van der Waals surface area contributed by atoms with Gasteiger partial charge in [0.05, 0.1) is 5.02 Å². The third kappa shape index (κ3) is 1.53. The topological polar surface area (TPSA) is 12.9 Å². The summed E-state index contributed by atoms with van der Waals surface area (Å²) in [6.45, 7) is 0. The molecule has 48 valence electrons. The predicted octanol–water partition coefficient (Wildman–Crippen LogP) is 2.53. The van der Waals surface area contributed by atoms with Crippen molar-refractivity contribution >= 4 is 23.2 Å². The van der Waals surface area contributed by atoms with E-state index in [1.54, 1.807) is 0 Å². The van der Waals surface area contributed by atoms with E-state index in [0.717, 1.165) is 6.07 Å². The molecule has 0 unspecified atom stereocenters. The van der Waals surface area contributed by atoms with Gasteiger partial charge in [-0.15, -0.1) is 0 Å². The van der Waals surface area contributed by atoms with Crippen LogP contribution in [0, 0.1) is 5.95 Å². The smallest absolute Gasteiger partial charge is 0.206 e. The quantitative estimate of drug-likeness (QED) is 0.539. The van der Waals surface area contributed by atoms with E-state index in [-0.39, 0.29) is 10.2 Å². The SMILES string of the molecule is Fc1ccc(Cl)c(Cl)n1. The normalized spacial score (nSPS) is 9.67. The summed E-state index contributed by atoms with van der Waals surface area (Å²) < 4.78 is 12.1. The average Bonchev–Trinajstić information content (AvgIpc) is 1.80. The number of nitrogens with zero attached hydrogens (tertiary/aromatic N) is 1. The highest BCUT2D eigenvalue weighted by Crippen LogP contribution is 2.17. The van der Waals surface area contributed by atoms with Crippen LogP contribution in [0.25, 0.3) is 0 Å². The Balaban J connectivity index is 3.17.